The van der Waals surface area contributed by atoms with Crippen molar-refractivity contribution in [2.45, 2.75) is 25.1 Å². The van der Waals surface area contributed by atoms with Crippen LogP contribution in [0.3, 0.4) is 0 Å². The number of alkyl halides is 1. The van der Waals surface area contributed by atoms with Crippen LogP contribution in [0, 0.1) is 0 Å². The van der Waals surface area contributed by atoms with Crippen LogP contribution < -0.4 is 0 Å². The first kappa shape index (κ1) is 10.3. The van der Waals surface area contributed by atoms with Crippen molar-refractivity contribution >= 4 is 5.78 Å². The number of ether oxygens (including phenoxy) is 1. The summed E-state index contributed by atoms with van der Waals surface area (Å²) >= 11 is 0. The summed E-state index contributed by atoms with van der Waals surface area (Å²) < 4.78 is 18.8. The normalized spacial score (nSPS) is 18.6. The first-order chi connectivity index (χ1) is 7.18. The molecule has 0 radical (unpaired) electrons. The van der Waals surface area contributed by atoms with E-state index in [2.05, 4.69) is 0 Å². The Kier molecular flexibility index (Phi) is 2.82. The number of rotatable bonds is 4. The minimum absolute atomic E-state index is 0.0131. The van der Waals surface area contributed by atoms with E-state index in [0.29, 0.717) is 6.61 Å². The first-order valence-corrected chi connectivity index (χ1v) is 5.00. The number of benzene rings is 1. The van der Waals surface area contributed by atoms with Gasteiger partial charge in [0.15, 0.2) is 0 Å². The van der Waals surface area contributed by atoms with E-state index in [4.69, 9.17) is 4.74 Å². The Morgan fingerprint density at radius 3 is 2.53 bits per heavy atom. The number of halogens is 1. The first-order valence-electron chi connectivity index (χ1n) is 5.00. The second-order valence-corrected chi connectivity index (χ2v) is 4.02. The van der Waals surface area contributed by atoms with E-state index in [1.54, 1.807) is 0 Å². The predicted octanol–water partition coefficient (Wildman–Crippen LogP) is 2.27. The number of hydrogen-bond acceptors (Lipinski definition) is 2. The van der Waals surface area contributed by atoms with Gasteiger partial charge in [-0.3, -0.25) is 4.79 Å². The molecule has 0 aliphatic heterocycles. The van der Waals surface area contributed by atoms with Crippen molar-refractivity contribution in [2.24, 2.45) is 0 Å². The molecule has 0 aromatic heterocycles. The fourth-order valence-corrected chi connectivity index (χ4v) is 1.68. The fourth-order valence-electron chi connectivity index (χ4n) is 1.68. The number of carbonyl (C=O) groups excluding carboxylic acids is 1. The standard InChI is InChI=1S/C12H13FO2/c13-12(6-11(14)7-12)9-15-8-10-4-2-1-3-5-10/h1-5H,6-9H2. The maximum absolute atomic E-state index is 13.5. The minimum atomic E-state index is -1.40. The van der Waals surface area contributed by atoms with Crippen molar-refractivity contribution in [3.8, 4) is 0 Å². The van der Waals surface area contributed by atoms with Crippen LogP contribution in [0.5, 0.6) is 0 Å². The second kappa shape index (κ2) is 4.11. The van der Waals surface area contributed by atoms with Crippen LogP contribution in [0.4, 0.5) is 4.39 Å². The van der Waals surface area contributed by atoms with Crippen LogP contribution in [0.15, 0.2) is 30.3 Å². The molecule has 0 amide bonds. The van der Waals surface area contributed by atoms with Gasteiger partial charge in [-0.2, -0.15) is 0 Å². The highest BCUT2D eigenvalue weighted by Gasteiger charge is 2.44. The summed E-state index contributed by atoms with van der Waals surface area (Å²) in [6, 6.07) is 9.60. The van der Waals surface area contributed by atoms with Crippen molar-refractivity contribution in [2.75, 3.05) is 6.61 Å². The van der Waals surface area contributed by atoms with Gasteiger partial charge in [-0.25, -0.2) is 4.39 Å². The van der Waals surface area contributed by atoms with Gasteiger partial charge in [-0.15, -0.1) is 0 Å². The molecular weight excluding hydrogens is 195 g/mol. The Morgan fingerprint density at radius 2 is 1.93 bits per heavy atom. The summed E-state index contributed by atoms with van der Waals surface area (Å²) in [4.78, 5) is 10.7. The Hall–Kier alpha value is -1.22. The molecule has 1 saturated carbocycles. The Morgan fingerprint density at radius 1 is 1.27 bits per heavy atom. The van der Waals surface area contributed by atoms with E-state index in [1.807, 2.05) is 30.3 Å². The molecule has 15 heavy (non-hydrogen) atoms. The summed E-state index contributed by atoms with van der Waals surface area (Å²) in [6.45, 7) is 0.425. The molecular formula is C12H13FO2. The van der Waals surface area contributed by atoms with Gasteiger partial charge in [0, 0.05) is 12.8 Å². The van der Waals surface area contributed by atoms with Crippen LogP contribution in [-0.2, 0) is 16.1 Å². The quantitative estimate of drug-likeness (QED) is 0.758. The van der Waals surface area contributed by atoms with Crippen LogP contribution in [0.25, 0.3) is 0 Å². The smallest absolute Gasteiger partial charge is 0.147 e. The summed E-state index contributed by atoms with van der Waals surface area (Å²) in [5, 5.41) is 0. The number of ketones is 1. The third-order valence-corrected chi connectivity index (χ3v) is 2.50. The molecule has 0 unspecified atom stereocenters. The van der Waals surface area contributed by atoms with E-state index < -0.39 is 5.67 Å². The number of hydrogen-bond donors (Lipinski definition) is 0. The van der Waals surface area contributed by atoms with Gasteiger partial charge < -0.3 is 4.74 Å². The molecule has 1 aromatic rings. The molecule has 0 spiro atoms. The van der Waals surface area contributed by atoms with Crippen LogP contribution >= 0.6 is 0 Å². The highest BCUT2D eigenvalue weighted by atomic mass is 19.1. The molecule has 1 aliphatic rings. The van der Waals surface area contributed by atoms with Gasteiger partial charge in [-0.05, 0) is 5.56 Å². The molecule has 80 valence electrons. The van der Waals surface area contributed by atoms with E-state index in [1.165, 1.54) is 0 Å². The Labute approximate surface area is 88.1 Å². The summed E-state index contributed by atoms with van der Waals surface area (Å²) in [7, 11) is 0. The summed E-state index contributed by atoms with van der Waals surface area (Å²) in [5.74, 6) is -0.0131. The zero-order chi connectivity index (χ0) is 10.7. The average Bonchev–Trinajstić information content (AvgIpc) is 2.17. The third-order valence-electron chi connectivity index (χ3n) is 2.50. The average molecular weight is 208 g/mol. The summed E-state index contributed by atoms with van der Waals surface area (Å²) in [5.41, 5.74) is -0.377. The predicted molar refractivity (Wildman–Crippen MR) is 54.2 cm³/mol. The van der Waals surface area contributed by atoms with Gasteiger partial charge in [-0.1, -0.05) is 30.3 Å². The molecule has 2 nitrogen and oxygen atoms in total. The van der Waals surface area contributed by atoms with E-state index in [0.717, 1.165) is 5.56 Å². The lowest BCUT2D eigenvalue weighted by Gasteiger charge is -2.31. The number of carbonyl (C=O) groups is 1. The fraction of sp³-hybridized carbons (Fsp3) is 0.417. The van der Waals surface area contributed by atoms with Crippen molar-refractivity contribution < 1.29 is 13.9 Å². The maximum atomic E-state index is 13.5. The molecule has 3 heteroatoms. The van der Waals surface area contributed by atoms with E-state index >= 15 is 0 Å². The second-order valence-electron chi connectivity index (χ2n) is 4.02. The maximum Gasteiger partial charge on any atom is 0.147 e. The topological polar surface area (TPSA) is 26.3 Å². The van der Waals surface area contributed by atoms with Crippen LogP contribution in [0.1, 0.15) is 18.4 Å². The third kappa shape index (κ3) is 2.63. The zero-order valence-electron chi connectivity index (χ0n) is 8.41. The molecule has 1 aliphatic carbocycles. The van der Waals surface area contributed by atoms with Crippen molar-refractivity contribution in [3.05, 3.63) is 35.9 Å². The van der Waals surface area contributed by atoms with Gasteiger partial charge in [0.25, 0.3) is 0 Å². The summed E-state index contributed by atoms with van der Waals surface area (Å²) in [6.07, 6.45) is 0.0313. The van der Waals surface area contributed by atoms with Gasteiger partial charge >= 0.3 is 0 Å². The van der Waals surface area contributed by atoms with E-state index in [9.17, 15) is 9.18 Å². The van der Waals surface area contributed by atoms with Crippen molar-refractivity contribution in [1.82, 2.24) is 0 Å². The molecule has 0 bridgehead atoms. The molecule has 0 atom stereocenters. The van der Waals surface area contributed by atoms with Crippen LogP contribution in [-0.4, -0.2) is 18.1 Å². The highest BCUT2D eigenvalue weighted by molar-refractivity contribution is 5.87. The Bertz CT molecular complexity index is 340. The lowest BCUT2D eigenvalue weighted by molar-refractivity contribution is -0.139. The molecule has 0 saturated heterocycles. The van der Waals surface area contributed by atoms with Crippen molar-refractivity contribution in [1.29, 1.82) is 0 Å². The molecule has 1 fully saturated rings. The molecule has 0 N–H and O–H groups in total. The molecule has 1 aromatic carbocycles. The highest BCUT2D eigenvalue weighted by Crippen LogP contribution is 2.33. The van der Waals surface area contributed by atoms with Crippen molar-refractivity contribution in [3.63, 3.8) is 0 Å². The van der Waals surface area contributed by atoms with Crippen LogP contribution in [0.2, 0.25) is 0 Å². The number of Topliss-reactive ketones (excluding diaryl/α,β-unsaturated/α-hetero) is 1. The van der Waals surface area contributed by atoms with Gasteiger partial charge in [0.05, 0.1) is 13.2 Å². The monoisotopic (exact) mass is 208 g/mol. The van der Waals surface area contributed by atoms with Gasteiger partial charge in [0.1, 0.15) is 11.5 Å². The lowest BCUT2D eigenvalue weighted by Crippen LogP contribution is -2.44. The largest absolute Gasteiger partial charge is 0.373 e. The zero-order valence-corrected chi connectivity index (χ0v) is 8.41. The molecule has 2 rings (SSSR count). The van der Waals surface area contributed by atoms with Gasteiger partial charge in [0.2, 0.25) is 0 Å². The minimum Gasteiger partial charge on any atom is -0.373 e. The Balaban J connectivity index is 1.74. The molecule has 0 heterocycles. The van der Waals surface area contributed by atoms with E-state index in [-0.39, 0.29) is 25.2 Å². The SMILES string of the molecule is O=C1CC(F)(COCc2ccccc2)C1. The lowest BCUT2D eigenvalue weighted by atomic mass is 9.81.